The molecule has 1 aliphatic heterocycles. The van der Waals surface area contributed by atoms with Crippen molar-refractivity contribution in [3.63, 3.8) is 0 Å². The van der Waals surface area contributed by atoms with E-state index in [1.165, 1.54) is 11.5 Å². The van der Waals surface area contributed by atoms with Crippen LogP contribution in [0.1, 0.15) is 12.1 Å². The predicted molar refractivity (Wildman–Crippen MR) is 80.0 cm³/mol. The summed E-state index contributed by atoms with van der Waals surface area (Å²) >= 11 is 3.08. The largest absolute Gasteiger partial charge is 0.382 e. The van der Waals surface area contributed by atoms with Crippen LogP contribution in [-0.2, 0) is 4.74 Å². The van der Waals surface area contributed by atoms with Gasteiger partial charge in [0.2, 0.25) is 0 Å². The van der Waals surface area contributed by atoms with E-state index in [1.54, 1.807) is 11.3 Å². The molecule has 7 heteroatoms. The SMILES string of the molecule is Cc1csc(-c2c(N)nsc2N2CCCOCC2)n1. The Morgan fingerprint density at radius 1 is 1.37 bits per heavy atom. The number of nitrogens with zero attached hydrogens (tertiary/aromatic N) is 3. The van der Waals surface area contributed by atoms with E-state index in [1.807, 2.05) is 12.3 Å². The first-order valence-electron chi connectivity index (χ1n) is 6.26. The number of anilines is 2. The standard InChI is InChI=1S/C12H16N4OS2/c1-8-7-18-11(14-8)9-10(13)15-19-12(9)16-3-2-5-17-6-4-16/h7H,2-6H2,1H3,(H2,13,15). The quantitative estimate of drug-likeness (QED) is 0.922. The average Bonchev–Trinajstić information content (AvgIpc) is 2.86. The van der Waals surface area contributed by atoms with E-state index in [0.717, 1.165) is 54.0 Å². The van der Waals surface area contributed by atoms with Crippen molar-refractivity contribution in [2.45, 2.75) is 13.3 Å². The van der Waals surface area contributed by atoms with Gasteiger partial charge in [-0.1, -0.05) is 0 Å². The number of ether oxygens (including phenoxy) is 1. The van der Waals surface area contributed by atoms with Crippen molar-refractivity contribution in [1.82, 2.24) is 9.36 Å². The van der Waals surface area contributed by atoms with Crippen LogP contribution in [0.4, 0.5) is 10.8 Å². The molecule has 1 saturated heterocycles. The van der Waals surface area contributed by atoms with Crippen LogP contribution < -0.4 is 10.6 Å². The van der Waals surface area contributed by atoms with Crippen LogP contribution in [0.15, 0.2) is 5.38 Å². The summed E-state index contributed by atoms with van der Waals surface area (Å²) in [4.78, 5) is 6.85. The number of hydrogen-bond acceptors (Lipinski definition) is 7. The molecule has 0 bridgehead atoms. The Kier molecular flexibility index (Phi) is 3.67. The van der Waals surface area contributed by atoms with Crippen LogP contribution in [-0.4, -0.2) is 35.7 Å². The summed E-state index contributed by atoms with van der Waals surface area (Å²) in [6.07, 6.45) is 1.04. The minimum absolute atomic E-state index is 0.583. The van der Waals surface area contributed by atoms with E-state index in [2.05, 4.69) is 14.3 Å². The molecule has 1 aliphatic rings. The van der Waals surface area contributed by atoms with Crippen molar-refractivity contribution >= 4 is 33.7 Å². The fourth-order valence-electron chi connectivity index (χ4n) is 2.13. The highest BCUT2D eigenvalue weighted by Crippen LogP contribution is 2.40. The molecule has 0 unspecified atom stereocenters. The number of nitrogen functional groups attached to an aromatic ring is 1. The second-order valence-corrected chi connectivity index (χ2v) is 6.10. The lowest BCUT2D eigenvalue weighted by atomic mass is 10.3. The maximum atomic E-state index is 6.04. The highest BCUT2D eigenvalue weighted by molar-refractivity contribution is 7.15. The molecule has 0 amide bonds. The second kappa shape index (κ2) is 5.44. The van der Waals surface area contributed by atoms with Gasteiger partial charge in [0.25, 0.3) is 0 Å². The van der Waals surface area contributed by atoms with Crippen molar-refractivity contribution in [2.75, 3.05) is 36.9 Å². The number of hydrogen-bond donors (Lipinski definition) is 1. The van der Waals surface area contributed by atoms with Gasteiger partial charge in [-0.2, -0.15) is 4.37 Å². The molecule has 3 heterocycles. The van der Waals surface area contributed by atoms with Crippen molar-refractivity contribution in [3.8, 4) is 10.6 Å². The average molecular weight is 296 g/mol. The molecule has 2 aromatic rings. The zero-order chi connectivity index (χ0) is 13.2. The van der Waals surface area contributed by atoms with Crippen LogP contribution in [0, 0.1) is 6.92 Å². The van der Waals surface area contributed by atoms with Crippen LogP contribution in [0.2, 0.25) is 0 Å². The Morgan fingerprint density at radius 2 is 2.26 bits per heavy atom. The van der Waals surface area contributed by atoms with Crippen molar-refractivity contribution in [3.05, 3.63) is 11.1 Å². The molecule has 0 radical (unpaired) electrons. The Labute approximate surface area is 120 Å². The van der Waals surface area contributed by atoms with E-state index >= 15 is 0 Å². The van der Waals surface area contributed by atoms with Gasteiger partial charge in [-0.3, -0.25) is 0 Å². The summed E-state index contributed by atoms with van der Waals surface area (Å²) in [5.41, 5.74) is 8.05. The summed E-state index contributed by atoms with van der Waals surface area (Å²) in [5.74, 6) is 0.583. The van der Waals surface area contributed by atoms with Crippen LogP contribution in [0.5, 0.6) is 0 Å². The van der Waals surface area contributed by atoms with Crippen LogP contribution in [0.25, 0.3) is 10.6 Å². The highest BCUT2D eigenvalue weighted by atomic mass is 32.1. The highest BCUT2D eigenvalue weighted by Gasteiger charge is 2.22. The molecule has 1 fully saturated rings. The number of thiazole rings is 1. The molecule has 102 valence electrons. The fraction of sp³-hybridized carbons (Fsp3) is 0.500. The Balaban J connectivity index is 1.97. The number of aromatic nitrogens is 2. The molecule has 2 N–H and O–H groups in total. The Morgan fingerprint density at radius 3 is 3.05 bits per heavy atom. The van der Waals surface area contributed by atoms with Gasteiger partial charge >= 0.3 is 0 Å². The fourth-order valence-corrected chi connectivity index (χ4v) is 3.91. The zero-order valence-corrected chi connectivity index (χ0v) is 12.4. The lowest BCUT2D eigenvalue weighted by Crippen LogP contribution is -2.25. The Hall–Kier alpha value is -1.18. The summed E-state index contributed by atoms with van der Waals surface area (Å²) in [6.45, 7) is 5.46. The van der Waals surface area contributed by atoms with Gasteiger partial charge in [0.05, 0.1) is 12.2 Å². The van der Waals surface area contributed by atoms with Crippen molar-refractivity contribution < 1.29 is 4.74 Å². The molecule has 0 spiro atoms. The molecule has 2 aromatic heterocycles. The summed E-state index contributed by atoms with van der Waals surface area (Å²) < 4.78 is 9.81. The van der Waals surface area contributed by atoms with Crippen LogP contribution >= 0.6 is 22.9 Å². The van der Waals surface area contributed by atoms with Gasteiger partial charge in [-0.05, 0) is 24.9 Å². The maximum absolute atomic E-state index is 6.04. The van der Waals surface area contributed by atoms with Gasteiger partial charge in [-0.25, -0.2) is 4.98 Å². The van der Waals surface area contributed by atoms with E-state index in [0.29, 0.717) is 5.82 Å². The molecule has 3 rings (SSSR count). The van der Waals surface area contributed by atoms with Crippen molar-refractivity contribution in [1.29, 1.82) is 0 Å². The smallest absolute Gasteiger partial charge is 0.149 e. The van der Waals surface area contributed by atoms with Gasteiger partial charge in [0.15, 0.2) is 0 Å². The Bertz CT molecular complexity index is 558. The lowest BCUT2D eigenvalue weighted by molar-refractivity contribution is 0.152. The zero-order valence-electron chi connectivity index (χ0n) is 10.8. The minimum atomic E-state index is 0.583. The first-order valence-corrected chi connectivity index (χ1v) is 7.91. The van der Waals surface area contributed by atoms with E-state index in [-0.39, 0.29) is 0 Å². The normalized spacial score (nSPS) is 16.6. The molecule has 19 heavy (non-hydrogen) atoms. The second-order valence-electron chi connectivity index (χ2n) is 4.49. The number of nitrogens with two attached hydrogens (primary N) is 1. The van der Waals surface area contributed by atoms with Gasteiger partial charge in [-0.15, -0.1) is 11.3 Å². The first kappa shape index (κ1) is 12.8. The van der Waals surface area contributed by atoms with E-state index in [4.69, 9.17) is 10.5 Å². The minimum Gasteiger partial charge on any atom is -0.382 e. The first-order chi connectivity index (χ1) is 9.25. The monoisotopic (exact) mass is 296 g/mol. The molecule has 0 saturated carbocycles. The molecular weight excluding hydrogens is 280 g/mol. The molecule has 0 aliphatic carbocycles. The lowest BCUT2D eigenvalue weighted by Gasteiger charge is -2.20. The summed E-state index contributed by atoms with van der Waals surface area (Å²) in [5, 5.41) is 4.13. The third-order valence-corrected chi connectivity index (χ3v) is 4.94. The topological polar surface area (TPSA) is 64.3 Å². The maximum Gasteiger partial charge on any atom is 0.149 e. The third kappa shape index (κ3) is 2.58. The van der Waals surface area contributed by atoms with Gasteiger partial charge in [0, 0.05) is 30.8 Å². The van der Waals surface area contributed by atoms with E-state index < -0.39 is 0 Å². The third-order valence-electron chi connectivity index (χ3n) is 3.04. The molecular formula is C12H16N4OS2. The van der Waals surface area contributed by atoms with Crippen LogP contribution in [0.3, 0.4) is 0 Å². The number of aryl methyl sites for hydroxylation is 1. The molecule has 0 aromatic carbocycles. The summed E-state index contributed by atoms with van der Waals surface area (Å²) in [6, 6.07) is 0. The molecule has 0 atom stereocenters. The predicted octanol–water partition coefficient (Wildman–Crippen LogP) is 2.38. The summed E-state index contributed by atoms with van der Waals surface area (Å²) in [7, 11) is 0. The van der Waals surface area contributed by atoms with E-state index in [9.17, 15) is 0 Å². The van der Waals surface area contributed by atoms with Gasteiger partial charge in [0.1, 0.15) is 15.8 Å². The molecule has 5 nitrogen and oxygen atoms in total. The van der Waals surface area contributed by atoms with Crippen molar-refractivity contribution in [2.24, 2.45) is 0 Å². The number of rotatable bonds is 2. The van der Waals surface area contributed by atoms with Gasteiger partial charge < -0.3 is 15.4 Å².